The van der Waals surface area contributed by atoms with Gasteiger partial charge in [0.1, 0.15) is 17.3 Å². The first-order valence-corrected chi connectivity index (χ1v) is 8.08. The van der Waals surface area contributed by atoms with Crippen molar-refractivity contribution in [2.24, 2.45) is 0 Å². The molecular formula is C18H12ClF4N3O. The van der Waals surface area contributed by atoms with E-state index >= 15 is 0 Å². The second-order valence-corrected chi connectivity index (χ2v) is 6.01. The maximum absolute atomic E-state index is 13.7. The number of rotatable bonds is 5. The van der Waals surface area contributed by atoms with Gasteiger partial charge >= 0.3 is 0 Å². The van der Waals surface area contributed by atoms with Gasteiger partial charge in [-0.05, 0) is 41.0 Å². The highest BCUT2D eigenvalue weighted by molar-refractivity contribution is 6.31. The molecule has 1 amide bonds. The van der Waals surface area contributed by atoms with Gasteiger partial charge in [0.2, 0.25) is 0 Å². The summed E-state index contributed by atoms with van der Waals surface area (Å²) in [4.78, 5) is 12.2. The molecule has 0 spiro atoms. The van der Waals surface area contributed by atoms with Gasteiger partial charge in [0.05, 0.1) is 10.6 Å². The quantitative estimate of drug-likeness (QED) is 0.603. The van der Waals surface area contributed by atoms with E-state index in [2.05, 4.69) is 15.5 Å². The van der Waals surface area contributed by atoms with Crippen LogP contribution in [0.1, 0.15) is 28.0 Å². The molecule has 0 saturated carbocycles. The van der Waals surface area contributed by atoms with Crippen LogP contribution in [-0.4, -0.2) is 16.1 Å². The molecule has 4 nitrogen and oxygen atoms in total. The second-order valence-electron chi connectivity index (χ2n) is 5.60. The Balaban J connectivity index is 1.86. The van der Waals surface area contributed by atoms with Crippen molar-refractivity contribution >= 4 is 17.5 Å². The van der Waals surface area contributed by atoms with Crippen molar-refractivity contribution in [3.05, 3.63) is 76.1 Å². The number of alkyl halides is 2. The maximum Gasteiger partial charge on any atom is 0.282 e. The molecular weight excluding hydrogens is 386 g/mol. The van der Waals surface area contributed by atoms with Crippen molar-refractivity contribution in [1.82, 2.24) is 15.5 Å². The second kappa shape index (κ2) is 7.79. The predicted molar refractivity (Wildman–Crippen MR) is 91.5 cm³/mol. The number of amides is 1. The van der Waals surface area contributed by atoms with Gasteiger partial charge < -0.3 is 5.32 Å². The van der Waals surface area contributed by atoms with E-state index in [-0.39, 0.29) is 17.1 Å². The number of nitrogens with zero attached hydrogens (tertiary/aromatic N) is 1. The summed E-state index contributed by atoms with van der Waals surface area (Å²) in [7, 11) is 0. The number of benzene rings is 2. The molecule has 27 heavy (non-hydrogen) atoms. The van der Waals surface area contributed by atoms with Crippen LogP contribution in [0.2, 0.25) is 5.02 Å². The molecule has 1 heterocycles. The lowest BCUT2D eigenvalue weighted by Gasteiger charge is -2.12. The van der Waals surface area contributed by atoms with Crippen molar-refractivity contribution in [3.8, 4) is 11.1 Å². The number of H-pyrrole nitrogens is 1. The number of carbonyl (C=O) groups excluding carboxylic acids is 1. The summed E-state index contributed by atoms with van der Waals surface area (Å²) in [6, 6.07) is 7.75. The standard InChI is InChI=1S/C18H12ClF4N3O/c19-14-5-9(2-4-15(14)21)12-6-11(20)3-1-10(12)7-24-18(27)13-8-25-26-16(13)17(22)23/h1-6,8,17H,7H2,(H,24,27)(H,25,26). The van der Waals surface area contributed by atoms with Crippen LogP contribution in [0, 0.1) is 11.6 Å². The molecule has 0 aliphatic rings. The minimum Gasteiger partial charge on any atom is -0.348 e. The van der Waals surface area contributed by atoms with Crippen LogP contribution in [0.5, 0.6) is 0 Å². The van der Waals surface area contributed by atoms with Gasteiger partial charge in [0.15, 0.2) is 0 Å². The molecule has 2 N–H and O–H groups in total. The van der Waals surface area contributed by atoms with E-state index in [0.717, 1.165) is 12.3 Å². The monoisotopic (exact) mass is 397 g/mol. The van der Waals surface area contributed by atoms with Crippen LogP contribution in [-0.2, 0) is 6.54 Å². The van der Waals surface area contributed by atoms with E-state index in [0.29, 0.717) is 16.7 Å². The van der Waals surface area contributed by atoms with E-state index in [4.69, 9.17) is 11.6 Å². The largest absolute Gasteiger partial charge is 0.348 e. The molecule has 0 fully saturated rings. The summed E-state index contributed by atoms with van der Waals surface area (Å²) >= 11 is 5.78. The van der Waals surface area contributed by atoms with Crippen LogP contribution in [0.25, 0.3) is 11.1 Å². The lowest BCUT2D eigenvalue weighted by molar-refractivity contribution is 0.0936. The minimum absolute atomic E-state index is 0.0721. The zero-order valence-corrected chi connectivity index (χ0v) is 14.3. The summed E-state index contributed by atoms with van der Waals surface area (Å²) in [6.45, 7) is -0.0721. The van der Waals surface area contributed by atoms with Crippen LogP contribution in [0.15, 0.2) is 42.6 Å². The van der Waals surface area contributed by atoms with Gasteiger partial charge in [0, 0.05) is 12.7 Å². The van der Waals surface area contributed by atoms with Crippen LogP contribution in [0.4, 0.5) is 17.6 Å². The summed E-state index contributed by atoms with van der Waals surface area (Å²) in [5, 5.41) is 7.93. The van der Waals surface area contributed by atoms with Crippen molar-refractivity contribution in [1.29, 1.82) is 0 Å². The zero-order chi connectivity index (χ0) is 19.6. The zero-order valence-electron chi connectivity index (χ0n) is 13.6. The third-order valence-electron chi connectivity index (χ3n) is 3.86. The number of carbonyl (C=O) groups is 1. The molecule has 3 rings (SSSR count). The first kappa shape index (κ1) is 18.9. The molecule has 1 aromatic heterocycles. The van der Waals surface area contributed by atoms with Crippen LogP contribution >= 0.6 is 11.6 Å². The molecule has 3 aromatic rings. The van der Waals surface area contributed by atoms with Crippen molar-refractivity contribution in [2.45, 2.75) is 13.0 Å². The van der Waals surface area contributed by atoms with E-state index in [9.17, 15) is 22.4 Å². The van der Waals surface area contributed by atoms with E-state index in [1.54, 1.807) is 0 Å². The lowest BCUT2D eigenvalue weighted by Crippen LogP contribution is -2.24. The SMILES string of the molecule is O=C(NCc1ccc(F)cc1-c1ccc(F)c(Cl)c1)c1c[nH]nc1C(F)F. The number of aromatic amines is 1. The van der Waals surface area contributed by atoms with Crippen LogP contribution in [0.3, 0.4) is 0 Å². The number of nitrogens with one attached hydrogen (secondary N) is 2. The van der Waals surface area contributed by atoms with Gasteiger partial charge in [-0.2, -0.15) is 5.10 Å². The van der Waals surface area contributed by atoms with E-state index in [1.807, 2.05) is 0 Å². The molecule has 0 aliphatic heterocycles. The molecule has 9 heteroatoms. The van der Waals surface area contributed by atoms with Crippen LogP contribution < -0.4 is 5.32 Å². The molecule has 0 aliphatic carbocycles. The van der Waals surface area contributed by atoms with Crippen molar-refractivity contribution < 1.29 is 22.4 Å². The smallest absolute Gasteiger partial charge is 0.282 e. The number of halogens is 5. The Labute approximate surface area is 156 Å². The fourth-order valence-electron chi connectivity index (χ4n) is 2.55. The molecule has 2 aromatic carbocycles. The summed E-state index contributed by atoms with van der Waals surface area (Å²) in [6.07, 6.45) is -1.83. The molecule has 0 bridgehead atoms. The normalized spacial score (nSPS) is 11.0. The third-order valence-corrected chi connectivity index (χ3v) is 4.15. The van der Waals surface area contributed by atoms with Gasteiger partial charge in [-0.1, -0.05) is 23.7 Å². The summed E-state index contributed by atoms with van der Waals surface area (Å²) in [5.41, 5.74) is 0.394. The highest BCUT2D eigenvalue weighted by atomic mass is 35.5. The van der Waals surface area contributed by atoms with Gasteiger partial charge in [-0.15, -0.1) is 0 Å². The Bertz CT molecular complexity index is 990. The third kappa shape index (κ3) is 4.11. The minimum atomic E-state index is -2.90. The molecule has 0 saturated heterocycles. The van der Waals surface area contributed by atoms with E-state index < -0.39 is 29.7 Å². The molecule has 0 unspecified atom stereocenters. The fourth-order valence-corrected chi connectivity index (χ4v) is 2.74. The first-order chi connectivity index (χ1) is 12.9. The summed E-state index contributed by atoms with van der Waals surface area (Å²) in [5.74, 6) is -1.91. The molecule has 0 radical (unpaired) electrons. The number of hydrogen-bond acceptors (Lipinski definition) is 2. The number of aromatic nitrogens is 2. The Morgan fingerprint density at radius 1 is 1.19 bits per heavy atom. The van der Waals surface area contributed by atoms with Gasteiger partial charge in [-0.25, -0.2) is 17.6 Å². The van der Waals surface area contributed by atoms with E-state index in [1.165, 1.54) is 30.3 Å². The lowest BCUT2D eigenvalue weighted by atomic mass is 9.99. The van der Waals surface area contributed by atoms with Gasteiger partial charge in [0.25, 0.3) is 12.3 Å². The van der Waals surface area contributed by atoms with Crippen molar-refractivity contribution in [2.75, 3.05) is 0 Å². The Kier molecular flexibility index (Phi) is 5.46. The Morgan fingerprint density at radius 3 is 2.67 bits per heavy atom. The fraction of sp³-hybridized carbons (Fsp3) is 0.111. The number of hydrogen-bond donors (Lipinski definition) is 2. The molecule has 140 valence electrons. The Morgan fingerprint density at radius 2 is 1.96 bits per heavy atom. The maximum atomic E-state index is 13.7. The van der Waals surface area contributed by atoms with Gasteiger partial charge in [-0.3, -0.25) is 9.89 Å². The topological polar surface area (TPSA) is 57.8 Å². The predicted octanol–water partition coefficient (Wildman–Crippen LogP) is 4.88. The average molecular weight is 398 g/mol. The summed E-state index contributed by atoms with van der Waals surface area (Å²) < 4.78 is 52.7. The molecule has 0 atom stereocenters. The first-order valence-electron chi connectivity index (χ1n) is 7.70. The van der Waals surface area contributed by atoms with Crippen molar-refractivity contribution in [3.63, 3.8) is 0 Å². The Hall–Kier alpha value is -2.87. The highest BCUT2D eigenvalue weighted by Gasteiger charge is 2.21. The highest BCUT2D eigenvalue weighted by Crippen LogP contribution is 2.29. The average Bonchev–Trinajstić information content (AvgIpc) is 3.13.